The van der Waals surface area contributed by atoms with Gasteiger partial charge in [0.05, 0.1) is 12.6 Å². The van der Waals surface area contributed by atoms with Crippen LogP contribution >= 0.6 is 11.6 Å². The van der Waals surface area contributed by atoms with Crippen LogP contribution in [0.3, 0.4) is 0 Å². The molecule has 0 spiro atoms. The molecular formula is C46H52ClNO6Si. The summed E-state index contributed by atoms with van der Waals surface area (Å²) in [7, 11) is -2.98. The van der Waals surface area contributed by atoms with Crippen molar-refractivity contribution in [1.82, 2.24) is 5.32 Å². The molecule has 0 heterocycles. The fraction of sp³-hybridized carbons (Fsp3) is 0.304. The van der Waals surface area contributed by atoms with E-state index in [-0.39, 0.29) is 17.4 Å². The molecule has 1 amide bonds. The molecule has 0 aliphatic carbocycles. The van der Waals surface area contributed by atoms with Gasteiger partial charge in [-0.15, -0.1) is 0 Å². The van der Waals surface area contributed by atoms with Crippen molar-refractivity contribution >= 4 is 42.2 Å². The summed E-state index contributed by atoms with van der Waals surface area (Å²) in [6.45, 7) is 12.2. The Balaban J connectivity index is 1.27. The molecule has 7 nitrogen and oxygen atoms in total. The molecule has 0 fully saturated rings. The second-order valence-electron chi connectivity index (χ2n) is 15.6. The summed E-state index contributed by atoms with van der Waals surface area (Å²) in [5.41, 5.74) is 1.26. The van der Waals surface area contributed by atoms with Gasteiger partial charge < -0.3 is 24.0 Å². The predicted octanol–water partition coefficient (Wildman–Crippen LogP) is 10.1. The lowest BCUT2D eigenvalue weighted by Gasteiger charge is -2.43. The third-order valence-corrected chi connectivity index (χ3v) is 14.5. The van der Waals surface area contributed by atoms with Crippen LogP contribution in [0, 0.1) is 0 Å². The predicted molar refractivity (Wildman–Crippen MR) is 223 cm³/mol. The second kappa shape index (κ2) is 18.6. The Morgan fingerprint density at radius 2 is 1.29 bits per heavy atom. The Labute approximate surface area is 332 Å². The quantitative estimate of drug-likeness (QED) is 0.101. The van der Waals surface area contributed by atoms with E-state index in [0.29, 0.717) is 48.1 Å². The van der Waals surface area contributed by atoms with Gasteiger partial charge in [-0.3, -0.25) is 4.79 Å². The number of halogens is 1. The molecule has 0 aliphatic rings. The number of aryl methyl sites for hydroxylation is 1. The second-order valence-corrected chi connectivity index (χ2v) is 20.3. The summed E-state index contributed by atoms with van der Waals surface area (Å²) in [4.78, 5) is 27.1. The molecule has 1 atom stereocenters. The van der Waals surface area contributed by atoms with E-state index in [4.69, 9.17) is 30.2 Å². The topological polar surface area (TPSA) is 83.1 Å². The highest BCUT2D eigenvalue weighted by Gasteiger charge is 2.50. The van der Waals surface area contributed by atoms with Crippen LogP contribution in [0.25, 0.3) is 0 Å². The number of hydrogen-bond donors (Lipinski definition) is 1. The van der Waals surface area contributed by atoms with Crippen molar-refractivity contribution in [2.75, 3.05) is 6.61 Å². The van der Waals surface area contributed by atoms with Crippen LogP contribution in [0.4, 0.5) is 4.79 Å². The fourth-order valence-corrected chi connectivity index (χ4v) is 11.4. The maximum atomic E-state index is 14.1. The summed E-state index contributed by atoms with van der Waals surface area (Å²) in [5.74, 6) is 1.70. The van der Waals surface area contributed by atoms with E-state index >= 15 is 0 Å². The number of benzene rings is 5. The molecule has 0 bridgehead atoms. The first-order valence-electron chi connectivity index (χ1n) is 18.7. The molecule has 5 aromatic carbocycles. The first kappa shape index (κ1) is 41.3. The van der Waals surface area contributed by atoms with Crippen LogP contribution in [0.1, 0.15) is 65.5 Å². The molecule has 0 saturated carbocycles. The Bertz CT molecular complexity index is 1960. The van der Waals surface area contributed by atoms with E-state index in [1.54, 1.807) is 26.8 Å². The van der Waals surface area contributed by atoms with E-state index in [9.17, 15) is 9.59 Å². The SMILES string of the molecule is CC(C)(C)OC(=O)NC(CCCc1ccc(Oc2cccc(OCc3ccccc3)c2)cc1Cl)C(=O)CO[Si](c1ccccc1)(c1ccccc1)C(C)(C)C. The van der Waals surface area contributed by atoms with Crippen LogP contribution in [0.2, 0.25) is 10.1 Å². The number of Topliss-reactive ketones (excluding diaryl/α,β-unsaturated/α-hetero) is 1. The van der Waals surface area contributed by atoms with E-state index in [2.05, 4.69) is 50.4 Å². The van der Waals surface area contributed by atoms with Crippen LogP contribution < -0.4 is 25.2 Å². The van der Waals surface area contributed by atoms with Gasteiger partial charge in [0, 0.05) is 11.1 Å². The minimum atomic E-state index is -2.98. The zero-order valence-electron chi connectivity index (χ0n) is 32.6. The highest BCUT2D eigenvalue weighted by atomic mass is 35.5. The van der Waals surface area contributed by atoms with Crippen LogP contribution in [-0.4, -0.2) is 38.4 Å². The van der Waals surface area contributed by atoms with Crippen molar-refractivity contribution in [3.05, 3.63) is 150 Å². The van der Waals surface area contributed by atoms with Gasteiger partial charge in [-0.25, -0.2) is 4.79 Å². The summed E-state index contributed by atoms with van der Waals surface area (Å²) in [6, 6.07) is 42.6. The van der Waals surface area contributed by atoms with Gasteiger partial charge in [0.2, 0.25) is 0 Å². The number of carbonyl (C=O) groups is 2. The molecule has 1 unspecified atom stereocenters. The van der Waals surface area contributed by atoms with Crippen LogP contribution in [0.15, 0.2) is 133 Å². The van der Waals surface area contributed by atoms with E-state index in [1.807, 2.05) is 103 Å². The Kier molecular flexibility index (Phi) is 14.0. The third kappa shape index (κ3) is 11.6. The number of ether oxygens (including phenoxy) is 3. The van der Waals surface area contributed by atoms with Crippen LogP contribution in [-0.2, 0) is 27.0 Å². The fourth-order valence-electron chi connectivity index (χ4n) is 6.60. The summed E-state index contributed by atoms with van der Waals surface area (Å²) >= 11 is 6.76. The van der Waals surface area contributed by atoms with Crippen molar-refractivity contribution in [1.29, 1.82) is 0 Å². The standard InChI is InChI=1S/C46H52ClNO6Si/c1-45(2,3)54-44(50)48-42(43(49)33-52-55(46(4,5)6,39-23-12-8-13-24-39)40-25-14-9-15-26-40)27-16-20-35-28-29-38(31-41(35)47)53-37-22-17-21-36(30-37)51-32-34-18-10-7-11-19-34/h7-15,17-19,21-26,28-31,42H,16,20,27,32-33H2,1-6H3,(H,48,50). The van der Waals surface area contributed by atoms with Crippen molar-refractivity contribution in [3.8, 4) is 17.2 Å². The van der Waals surface area contributed by atoms with Crippen molar-refractivity contribution in [2.24, 2.45) is 0 Å². The lowest BCUT2D eigenvalue weighted by molar-refractivity contribution is -0.123. The van der Waals surface area contributed by atoms with Crippen LogP contribution in [0.5, 0.6) is 17.2 Å². The smallest absolute Gasteiger partial charge is 0.408 e. The molecule has 9 heteroatoms. The molecule has 0 aliphatic heterocycles. The van der Waals surface area contributed by atoms with E-state index in [0.717, 1.165) is 21.5 Å². The summed E-state index contributed by atoms with van der Waals surface area (Å²) in [6.07, 6.45) is 0.876. The van der Waals surface area contributed by atoms with Gasteiger partial charge in [0.15, 0.2) is 5.78 Å². The molecule has 5 aromatic rings. The number of nitrogens with one attached hydrogen (secondary N) is 1. The number of rotatable bonds is 16. The maximum Gasteiger partial charge on any atom is 0.408 e. The van der Waals surface area contributed by atoms with Gasteiger partial charge in [-0.2, -0.15) is 0 Å². The molecule has 288 valence electrons. The largest absolute Gasteiger partial charge is 0.489 e. The molecular weight excluding hydrogens is 726 g/mol. The van der Waals surface area contributed by atoms with Gasteiger partial charge >= 0.3 is 6.09 Å². The van der Waals surface area contributed by atoms with Gasteiger partial charge in [-0.1, -0.05) is 136 Å². The highest BCUT2D eigenvalue weighted by molar-refractivity contribution is 6.99. The number of alkyl carbamates (subject to hydrolysis) is 1. The molecule has 0 saturated heterocycles. The Hall–Kier alpha value is -4.89. The van der Waals surface area contributed by atoms with Crippen molar-refractivity contribution in [3.63, 3.8) is 0 Å². The number of hydrogen-bond acceptors (Lipinski definition) is 6. The average Bonchev–Trinajstić information content (AvgIpc) is 3.15. The van der Waals surface area contributed by atoms with Gasteiger partial charge in [-0.05, 0) is 90.8 Å². The zero-order chi connectivity index (χ0) is 39.5. The third-order valence-electron chi connectivity index (χ3n) is 9.18. The van der Waals surface area contributed by atoms with E-state index in [1.165, 1.54) is 0 Å². The Morgan fingerprint density at radius 1 is 0.709 bits per heavy atom. The van der Waals surface area contributed by atoms with Crippen molar-refractivity contribution in [2.45, 2.75) is 84.1 Å². The molecule has 55 heavy (non-hydrogen) atoms. The van der Waals surface area contributed by atoms with Gasteiger partial charge in [0.1, 0.15) is 29.5 Å². The molecule has 5 rings (SSSR count). The number of ketones is 1. The first-order valence-corrected chi connectivity index (χ1v) is 21.0. The monoisotopic (exact) mass is 777 g/mol. The Morgan fingerprint density at radius 3 is 1.87 bits per heavy atom. The summed E-state index contributed by atoms with van der Waals surface area (Å²) in [5, 5.41) is 5.23. The lowest BCUT2D eigenvalue weighted by Crippen LogP contribution is -2.67. The molecule has 1 N–H and O–H groups in total. The van der Waals surface area contributed by atoms with Gasteiger partial charge in [0.25, 0.3) is 8.32 Å². The minimum Gasteiger partial charge on any atom is -0.489 e. The molecule has 0 radical (unpaired) electrons. The number of carbonyl (C=O) groups excluding carboxylic acids is 2. The highest BCUT2D eigenvalue weighted by Crippen LogP contribution is 2.37. The van der Waals surface area contributed by atoms with Crippen molar-refractivity contribution < 1.29 is 28.2 Å². The maximum absolute atomic E-state index is 14.1. The lowest BCUT2D eigenvalue weighted by atomic mass is 10.0. The normalized spacial score (nSPS) is 12.4. The molecule has 0 aromatic heterocycles. The average molecular weight is 778 g/mol. The first-order chi connectivity index (χ1) is 26.2. The summed E-state index contributed by atoms with van der Waals surface area (Å²) < 4.78 is 24.6. The minimum absolute atomic E-state index is 0.168. The van der Waals surface area contributed by atoms with E-state index < -0.39 is 26.1 Å². The zero-order valence-corrected chi connectivity index (χ0v) is 34.4. The number of amides is 1.